The number of fused-ring (bicyclic) bond motifs is 1. The number of hydrogen-bond acceptors (Lipinski definition) is 5. The minimum absolute atomic E-state index is 0.0881. The number of dihydropyridines is 1. The van der Waals surface area contributed by atoms with Gasteiger partial charge in [0.1, 0.15) is 27.8 Å². The van der Waals surface area contributed by atoms with Crippen LogP contribution in [0.1, 0.15) is 28.9 Å². The molecule has 5 rings (SSSR count). The van der Waals surface area contributed by atoms with Crippen LogP contribution in [0.15, 0.2) is 88.2 Å². The number of nitrogens with one attached hydrogen (secondary N) is 2. The number of benzene rings is 2. The second-order valence-electron chi connectivity index (χ2n) is 8.07. The van der Waals surface area contributed by atoms with Crippen LogP contribution < -0.4 is 20.9 Å². The molecule has 0 bridgehead atoms. The standard InChI is InChI=1S/C26H21ClN4O4/c27-24-20(16-32)28-14-13-22(24)35-19-11-9-17(10-12-19)29-25(33)23-21-8-4-5-15-30(21)31(26(23)34)18-6-2-1-3-7-18/h1-3,6-7,9-14,28H,4-5,8,15H2,(H,29,33). The van der Waals surface area contributed by atoms with Crippen LogP contribution in [-0.2, 0) is 17.8 Å². The van der Waals surface area contributed by atoms with Crippen molar-refractivity contribution >= 4 is 29.1 Å². The molecule has 0 saturated carbocycles. The van der Waals surface area contributed by atoms with Crippen molar-refractivity contribution in [1.29, 1.82) is 0 Å². The summed E-state index contributed by atoms with van der Waals surface area (Å²) in [7, 11) is 0. The van der Waals surface area contributed by atoms with Crippen LogP contribution in [0, 0.1) is 0 Å². The molecule has 8 nitrogen and oxygen atoms in total. The van der Waals surface area contributed by atoms with Crippen LogP contribution in [0.5, 0.6) is 5.75 Å². The zero-order valence-corrected chi connectivity index (χ0v) is 19.3. The van der Waals surface area contributed by atoms with Crippen molar-refractivity contribution in [3.63, 3.8) is 0 Å². The molecule has 2 aliphatic heterocycles. The highest BCUT2D eigenvalue weighted by atomic mass is 35.5. The van der Waals surface area contributed by atoms with E-state index in [4.69, 9.17) is 16.3 Å². The van der Waals surface area contributed by atoms with Gasteiger partial charge in [-0.3, -0.25) is 14.3 Å². The van der Waals surface area contributed by atoms with Gasteiger partial charge in [-0.1, -0.05) is 29.8 Å². The molecule has 0 saturated heterocycles. The Bertz CT molecular complexity index is 1460. The molecule has 0 unspecified atom stereocenters. The average molecular weight is 489 g/mol. The minimum Gasteiger partial charge on any atom is -0.456 e. The SMILES string of the molecule is O=C=C1NC=CC(Oc2ccc(NC(=O)c3c4n(n(-c5ccccc5)c3=O)CCCC4)cc2)=C1Cl. The van der Waals surface area contributed by atoms with Crippen molar-refractivity contribution in [2.24, 2.45) is 0 Å². The van der Waals surface area contributed by atoms with Crippen LogP contribution in [0.4, 0.5) is 5.69 Å². The van der Waals surface area contributed by atoms with Gasteiger partial charge in [-0.2, -0.15) is 0 Å². The van der Waals surface area contributed by atoms with Crippen LogP contribution in [0.2, 0.25) is 0 Å². The smallest absolute Gasteiger partial charge is 0.284 e. The topological polar surface area (TPSA) is 94.4 Å². The molecular formula is C26H21ClN4O4. The van der Waals surface area contributed by atoms with Crippen LogP contribution >= 0.6 is 11.6 Å². The summed E-state index contributed by atoms with van der Waals surface area (Å²) in [6.07, 6.45) is 5.66. The maximum Gasteiger partial charge on any atom is 0.284 e. The first-order chi connectivity index (χ1) is 17.1. The lowest BCUT2D eigenvalue weighted by Gasteiger charge is -2.19. The molecular weight excluding hydrogens is 468 g/mol. The fourth-order valence-electron chi connectivity index (χ4n) is 4.23. The number of amides is 1. The highest BCUT2D eigenvalue weighted by Crippen LogP contribution is 2.26. The van der Waals surface area contributed by atoms with E-state index >= 15 is 0 Å². The first-order valence-corrected chi connectivity index (χ1v) is 11.5. The normalized spacial score (nSPS) is 14.7. The third-order valence-electron chi connectivity index (χ3n) is 5.85. The molecule has 0 radical (unpaired) electrons. The first-order valence-electron chi connectivity index (χ1n) is 11.1. The van der Waals surface area contributed by atoms with Crippen molar-refractivity contribution in [2.45, 2.75) is 25.8 Å². The molecule has 0 fully saturated rings. The number of halogens is 1. The van der Waals surface area contributed by atoms with Crippen molar-refractivity contribution < 1.29 is 14.3 Å². The fourth-order valence-corrected chi connectivity index (χ4v) is 4.42. The summed E-state index contributed by atoms with van der Waals surface area (Å²) in [5.41, 5.74) is 1.92. The van der Waals surface area contributed by atoms with Crippen molar-refractivity contribution in [3.8, 4) is 11.4 Å². The van der Waals surface area contributed by atoms with E-state index in [0.717, 1.165) is 24.2 Å². The molecule has 0 aliphatic carbocycles. The molecule has 1 aromatic heterocycles. The number of nitrogens with zero attached hydrogens (tertiary/aromatic N) is 2. The Kier molecular flexibility index (Phi) is 6.14. The molecule has 2 aliphatic rings. The zero-order valence-electron chi connectivity index (χ0n) is 18.6. The van der Waals surface area contributed by atoms with E-state index in [-0.39, 0.29) is 21.9 Å². The molecule has 0 spiro atoms. The van der Waals surface area contributed by atoms with Crippen molar-refractivity contribution in [2.75, 3.05) is 5.32 Å². The Balaban J connectivity index is 1.39. The predicted molar refractivity (Wildman–Crippen MR) is 132 cm³/mol. The Hall–Kier alpha value is -4.26. The van der Waals surface area contributed by atoms with E-state index in [0.29, 0.717) is 30.2 Å². The minimum atomic E-state index is -0.447. The molecule has 2 aromatic carbocycles. The lowest BCUT2D eigenvalue weighted by Crippen LogP contribution is -2.25. The van der Waals surface area contributed by atoms with Gasteiger partial charge in [-0.15, -0.1) is 0 Å². The summed E-state index contributed by atoms with van der Waals surface area (Å²) in [5, 5.41) is 5.63. The highest BCUT2D eigenvalue weighted by Gasteiger charge is 2.27. The van der Waals surface area contributed by atoms with Crippen LogP contribution in [-0.4, -0.2) is 21.2 Å². The molecule has 1 amide bonds. The van der Waals surface area contributed by atoms with Gasteiger partial charge in [0.15, 0.2) is 5.94 Å². The summed E-state index contributed by atoms with van der Waals surface area (Å²) in [4.78, 5) is 37.5. The van der Waals surface area contributed by atoms with Gasteiger partial charge in [0.25, 0.3) is 11.5 Å². The summed E-state index contributed by atoms with van der Waals surface area (Å²) in [6.45, 7) is 0.683. The Morgan fingerprint density at radius 3 is 2.60 bits per heavy atom. The fraction of sp³-hybridized carbons (Fsp3) is 0.154. The largest absolute Gasteiger partial charge is 0.456 e. The number of ether oxygens (including phenoxy) is 1. The molecule has 9 heteroatoms. The number of aromatic nitrogens is 2. The predicted octanol–water partition coefficient (Wildman–Crippen LogP) is 3.89. The monoisotopic (exact) mass is 488 g/mol. The lowest BCUT2D eigenvalue weighted by molar-refractivity contribution is 0.102. The van der Waals surface area contributed by atoms with Gasteiger partial charge < -0.3 is 15.4 Å². The van der Waals surface area contributed by atoms with Gasteiger partial charge in [-0.05, 0) is 61.7 Å². The van der Waals surface area contributed by atoms with Crippen LogP contribution in [0.3, 0.4) is 0 Å². The van der Waals surface area contributed by atoms with Crippen LogP contribution in [0.25, 0.3) is 5.69 Å². The van der Waals surface area contributed by atoms with E-state index in [2.05, 4.69) is 10.6 Å². The van der Waals surface area contributed by atoms with Crippen molar-refractivity contribution in [3.05, 3.63) is 105 Å². The van der Waals surface area contributed by atoms with E-state index in [1.165, 1.54) is 6.20 Å². The summed E-state index contributed by atoms with van der Waals surface area (Å²) in [5.74, 6) is 2.02. The van der Waals surface area contributed by atoms with Gasteiger partial charge in [-0.25, -0.2) is 9.48 Å². The maximum absolute atomic E-state index is 13.3. The average Bonchev–Trinajstić information content (AvgIpc) is 3.18. The number of allylic oxidation sites excluding steroid dienone is 2. The number of carbonyl (C=O) groups is 1. The summed E-state index contributed by atoms with van der Waals surface area (Å²) >= 11 is 6.14. The number of hydrogen-bond donors (Lipinski definition) is 2. The highest BCUT2D eigenvalue weighted by molar-refractivity contribution is 6.33. The number of anilines is 1. The first kappa shape index (κ1) is 22.5. The number of rotatable bonds is 5. The van der Waals surface area contributed by atoms with E-state index < -0.39 is 5.91 Å². The molecule has 176 valence electrons. The van der Waals surface area contributed by atoms with Gasteiger partial charge >= 0.3 is 0 Å². The van der Waals surface area contributed by atoms with Gasteiger partial charge in [0.05, 0.1) is 11.4 Å². The second-order valence-corrected chi connectivity index (χ2v) is 8.45. The molecule has 35 heavy (non-hydrogen) atoms. The quantitative estimate of drug-likeness (QED) is 0.531. The molecule has 2 N–H and O–H groups in total. The summed E-state index contributed by atoms with van der Waals surface area (Å²) < 4.78 is 9.25. The third-order valence-corrected chi connectivity index (χ3v) is 6.22. The maximum atomic E-state index is 13.3. The van der Waals surface area contributed by atoms with Gasteiger partial charge in [0.2, 0.25) is 0 Å². The Morgan fingerprint density at radius 2 is 1.86 bits per heavy atom. The Labute approximate surface area is 205 Å². The van der Waals surface area contributed by atoms with Crippen molar-refractivity contribution in [1.82, 2.24) is 14.7 Å². The summed E-state index contributed by atoms with van der Waals surface area (Å²) in [6, 6.07) is 16.0. The number of para-hydroxylation sites is 1. The molecule has 0 atom stereocenters. The Morgan fingerprint density at radius 1 is 1.09 bits per heavy atom. The van der Waals surface area contributed by atoms with E-state index in [9.17, 15) is 14.4 Å². The van der Waals surface area contributed by atoms with E-state index in [1.807, 2.05) is 35.0 Å². The zero-order chi connectivity index (χ0) is 24.4. The van der Waals surface area contributed by atoms with Gasteiger partial charge in [0, 0.05) is 18.4 Å². The second kappa shape index (κ2) is 9.54. The number of carbonyl (C=O) groups excluding carboxylic acids is 2. The molecule has 3 aromatic rings. The molecule has 3 heterocycles. The lowest BCUT2D eigenvalue weighted by atomic mass is 10.1. The van der Waals surface area contributed by atoms with E-state index in [1.54, 1.807) is 41.0 Å². The third kappa shape index (κ3) is 4.33.